The number of nitrogens with one attached hydrogen (secondary N) is 1. The first-order chi connectivity index (χ1) is 11.5. The van der Waals surface area contributed by atoms with Gasteiger partial charge in [0, 0.05) is 30.8 Å². The number of anilines is 1. The fourth-order valence-corrected chi connectivity index (χ4v) is 5.64. The Kier molecular flexibility index (Phi) is 5.56. The number of fused-ring (bicyclic) bond motifs is 1. The zero-order chi connectivity index (χ0) is 17.2. The second-order valence-corrected chi connectivity index (χ2v) is 9.95. The summed E-state index contributed by atoms with van der Waals surface area (Å²) in [7, 11) is -3.17. The van der Waals surface area contributed by atoms with Crippen molar-refractivity contribution >= 4 is 32.4 Å². The van der Waals surface area contributed by atoms with Gasteiger partial charge in [0.15, 0.2) is 5.13 Å². The lowest BCUT2D eigenvalue weighted by atomic mass is 10.0. The summed E-state index contributed by atoms with van der Waals surface area (Å²) in [6.45, 7) is 2.51. The summed E-state index contributed by atoms with van der Waals surface area (Å²) in [6, 6.07) is 0. The fraction of sp³-hybridized carbons (Fsp3) is 0.750. The molecule has 1 aliphatic carbocycles. The van der Waals surface area contributed by atoms with Crippen LogP contribution < -0.4 is 5.32 Å². The Morgan fingerprint density at radius 2 is 2.12 bits per heavy atom. The number of sulfonamides is 1. The van der Waals surface area contributed by atoms with Crippen LogP contribution in [0.25, 0.3) is 0 Å². The summed E-state index contributed by atoms with van der Waals surface area (Å²) < 4.78 is 25.5. The van der Waals surface area contributed by atoms with Gasteiger partial charge in [-0.15, -0.1) is 11.3 Å². The van der Waals surface area contributed by atoms with Crippen LogP contribution in [-0.4, -0.2) is 35.9 Å². The largest absolute Gasteiger partial charge is 0.302 e. The molecule has 0 atom stereocenters. The van der Waals surface area contributed by atoms with E-state index < -0.39 is 10.0 Å². The van der Waals surface area contributed by atoms with E-state index in [2.05, 4.69) is 10.3 Å². The maximum atomic E-state index is 12.1. The Morgan fingerprint density at radius 3 is 2.83 bits per heavy atom. The van der Waals surface area contributed by atoms with Crippen LogP contribution >= 0.6 is 11.3 Å². The molecule has 0 saturated heterocycles. The molecule has 1 N–H and O–H groups in total. The van der Waals surface area contributed by atoms with Gasteiger partial charge in [0.2, 0.25) is 15.9 Å². The van der Waals surface area contributed by atoms with E-state index in [4.69, 9.17) is 0 Å². The van der Waals surface area contributed by atoms with Gasteiger partial charge in [0.1, 0.15) is 0 Å². The first-order valence-electron chi connectivity index (χ1n) is 8.74. The van der Waals surface area contributed by atoms with Gasteiger partial charge in [-0.3, -0.25) is 4.79 Å². The topological polar surface area (TPSA) is 79.4 Å². The Bertz CT molecular complexity index is 693. The first kappa shape index (κ1) is 17.8. The van der Waals surface area contributed by atoms with Crippen molar-refractivity contribution in [3.05, 3.63) is 10.6 Å². The third kappa shape index (κ3) is 4.15. The summed E-state index contributed by atoms with van der Waals surface area (Å²) in [4.78, 5) is 17.5. The van der Waals surface area contributed by atoms with Gasteiger partial charge in [0.05, 0.1) is 11.4 Å². The second kappa shape index (κ2) is 7.49. The molecule has 24 heavy (non-hydrogen) atoms. The van der Waals surface area contributed by atoms with Gasteiger partial charge >= 0.3 is 0 Å². The second-order valence-electron chi connectivity index (χ2n) is 6.61. The van der Waals surface area contributed by atoms with Crippen molar-refractivity contribution in [3.8, 4) is 0 Å². The van der Waals surface area contributed by atoms with Crippen molar-refractivity contribution < 1.29 is 13.2 Å². The Morgan fingerprint density at radius 1 is 1.38 bits per heavy atom. The number of hydrogen-bond donors (Lipinski definition) is 1. The lowest BCUT2D eigenvalue weighted by Crippen LogP contribution is -2.36. The molecule has 1 amide bonds. The number of carbonyl (C=O) groups is 1. The van der Waals surface area contributed by atoms with Gasteiger partial charge in [-0.1, -0.05) is 25.7 Å². The predicted molar refractivity (Wildman–Crippen MR) is 95.5 cm³/mol. The number of aromatic nitrogens is 1. The number of thiazole rings is 1. The first-order valence-corrected chi connectivity index (χ1v) is 11.2. The van der Waals surface area contributed by atoms with E-state index in [1.807, 2.05) is 0 Å². The zero-order valence-corrected chi connectivity index (χ0v) is 15.7. The van der Waals surface area contributed by atoms with Crippen LogP contribution in [0.15, 0.2) is 0 Å². The molecule has 3 rings (SSSR count). The molecule has 1 saturated carbocycles. The summed E-state index contributed by atoms with van der Waals surface area (Å²) in [6.07, 6.45) is 7.21. The normalized spacial score (nSPS) is 19.4. The van der Waals surface area contributed by atoms with Crippen molar-refractivity contribution in [2.24, 2.45) is 5.92 Å². The van der Waals surface area contributed by atoms with Crippen molar-refractivity contribution in [2.75, 3.05) is 17.6 Å². The molecular weight excluding hydrogens is 346 g/mol. The van der Waals surface area contributed by atoms with Gasteiger partial charge in [-0.25, -0.2) is 13.4 Å². The molecule has 2 aliphatic rings. The summed E-state index contributed by atoms with van der Waals surface area (Å²) in [5.74, 6) is 0.838. The SMILES string of the molecule is CCS(=O)(=O)N1CCc2nc(NC(=O)CCC3CCCC3)sc2C1. The highest BCUT2D eigenvalue weighted by molar-refractivity contribution is 7.89. The number of nitrogens with zero attached hydrogens (tertiary/aromatic N) is 2. The summed E-state index contributed by atoms with van der Waals surface area (Å²) in [5.41, 5.74) is 0.925. The van der Waals surface area contributed by atoms with Gasteiger partial charge in [-0.05, 0) is 19.3 Å². The Balaban J connectivity index is 1.56. The highest BCUT2D eigenvalue weighted by Crippen LogP contribution is 2.31. The molecule has 2 heterocycles. The molecule has 0 unspecified atom stereocenters. The molecular formula is C16H25N3O3S2. The molecule has 0 spiro atoms. The standard InChI is InChI=1S/C16H25N3O3S2/c1-2-24(21,22)19-10-9-13-14(11-19)23-16(17-13)18-15(20)8-7-12-5-3-4-6-12/h12H,2-11H2,1H3,(H,17,18,20). The van der Waals surface area contributed by atoms with E-state index in [1.165, 1.54) is 41.3 Å². The fourth-order valence-electron chi connectivity index (χ4n) is 3.46. The van der Waals surface area contributed by atoms with Crippen LogP contribution in [0.4, 0.5) is 5.13 Å². The van der Waals surface area contributed by atoms with E-state index in [1.54, 1.807) is 6.92 Å². The van der Waals surface area contributed by atoms with Gasteiger partial charge in [0.25, 0.3) is 0 Å². The van der Waals surface area contributed by atoms with Crippen molar-refractivity contribution in [3.63, 3.8) is 0 Å². The third-order valence-corrected chi connectivity index (χ3v) is 7.78. The third-order valence-electron chi connectivity index (χ3n) is 4.96. The molecule has 0 bridgehead atoms. The quantitative estimate of drug-likeness (QED) is 0.834. The molecule has 0 radical (unpaired) electrons. The highest BCUT2D eigenvalue weighted by Gasteiger charge is 2.28. The molecule has 1 aliphatic heterocycles. The Labute approximate surface area is 147 Å². The average Bonchev–Trinajstić information content (AvgIpc) is 3.21. The highest BCUT2D eigenvalue weighted by atomic mass is 32.2. The predicted octanol–water partition coefficient (Wildman–Crippen LogP) is 2.76. The van der Waals surface area contributed by atoms with Crippen molar-refractivity contribution in [1.82, 2.24) is 9.29 Å². The van der Waals surface area contributed by atoms with Crippen LogP contribution in [0.2, 0.25) is 0 Å². The minimum absolute atomic E-state index is 0.0195. The smallest absolute Gasteiger partial charge is 0.226 e. The van der Waals surface area contributed by atoms with Crippen LogP contribution in [-0.2, 0) is 27.8 Å². The average molecular weight is 372 g/mol. The Hall–Kier alpha value is -0.990. The van der Waals surface area contributed by atoms with Crippen LogP contribution in [0.3, 0.4) is 0 Å². The van der Waals surface area contributed by atoms with Crippen molar-refractivity contribution in [2.45, 2.75) is 58.4 Å². The molecule has 8 heteroatoms. The van der Waals surface area contributed by atoms with Crippen LogP contribution in [0.5, 0.6) is 0 Å². The van der Waals surface area contributed by atoms with Gasteiger partial charge in [-0.2, -0.15) is 4.31 Å². The van der Waals surface area contributed by atoms with Gasteiger partial charge < -0.3 is 5.32 Å². The number of hydrogen-bond acceptors (Lipinski definition) is 5. The lowest BCUT2D eigenvalue weighted by molar-refractivity contribution is -0.116. The summed E-state index contributed by atoms with van der Waals surface area (Å²) >= 11 is 1.40. The van der Waals surface area contributed by atoms with E-state index >= 15 is 0 Å². The maximum Gasteiger partial charge on any atom is 0.226 e. The monoisotopic (exact) mass is 371 g/mol. The number of amides is 1. The van der Waals surface area contributed by atoms with Crippen LogP contribution in [0.1, 0.15) is 56.0 Å². The minimum atomic E-state index is -3.17. The van der Waals surface area contributed by atoms with E-state index in [0.29, 0.717) is 37.0 Å². The summed E-state index contributed by atoms with van der Waals surface area (Å²) in [5, 5.41) is 3.50. The molecule has 1 fully saturated rings. The molecule has 1 aromatic rings. The zero-order valence-electron chi connectivity index (χ0n) is 14.1. The van der Waals surface area contributed by atoms with Crippen molar-refractivity contribution in [1.29, 1.82) is 0 Å². The van der Waals surface area contributed by atoms with E-state index in [-0.39, 0.29) is 11.7 Å². The number of rotatable bonds is 6. The lowest BCUT2D eigenvalue weighted by Gasteiger charge is -2.24. The minimum Gasteiger partial charge on any atom is -0.302 e. The maximum absolute atomic E-state index is 12.1. The molecule has 6 nitrogen and oxygen atoms in total. The number of carbonyl (C=O) groups excluding carboxylic acids is 1. The molecule has 134 valence electrons. The molecule has 0 aromatic carbocycles. The van der Waals surface area contributed by atoms with E-state index in [0.717, 1.165) is 17.0 Å². The van der Waals surface area contributed by atoms with Crippen LogP contribution in [0, 0.1) is 5.92 Å². The molecule has 1 aromatic heterocycles. The van der Waals surface area contributed by atoms with E-state index in [9.17, 15) is 13.2 Å².